The molecule has 4 aromatic carbocycles. The molecule has 0 heterocycles. The van der Waals surface area contributed by atoms with Gasteiger partial charge in [-0.1, -0.05) is 48.5 Å². The summed E-state index contributed by atoms with van der Waals surface area (Å²) in [6.07, 6.45) is 0. The first-order valence-corrected chi connectivity index (χ1v) is 7.45. The van der Waals surface area contributed by atoms with Crippen molar-refractivity contribution in [3.05, 3.63) is 66.7 Å². The fraction of sp³-hybridized carbons (Fsp3) is 0.100. The molecule has 0 saturated heterocycles. The van der Waals surface area contributed by atoms with Gasteiger partial charge in [0.15, 0.2) is 0 Å². The van der Waals surface area contributed by atoms with E-state index in [9.17, 15) is 0 Å². The maximum Gasteiger partial charge on any atom is 0.127 e. The van der Waals surface area contributed by atoms with Gasteiger partial charge in [-0.05, 0) is 45.1 Å². The minimum atomic E-state index is 0.0179. The number of aliphatic hydroxyl groups excluding tert-OH is 1. The second kappa shape index (κ2) is 5.32. The predicted octanol–water partition coefficient (Wildman–Crippen LogP) is 4.52. The summed E-state index contributed by atoms with van der Waals surface area (Å²) in [7, 11) is 0. The minimum absolute atomic E-state index is 0.0179. The summed E-state index contributed by atoms with van der Waals surface area (Å²) >= 11 is 0. The molecular formula is C20H16O2. The van der Waals surface area contributed by atoms with Gasteiger partial charge in [-0.3, -0.25) is 0 Å². The van der Waals surface area contributed by atoms with Crippen molar-refractivity contribution in [1.82, 2.24) is 0 Å². The van der Waals surface area contributed by atoms with Gasteiger partial charge in [0.1, 0.15) is 12.4 Å². The summed E-state index contributed by atoms with van der Waals surface area (Å²) in [6.45, 7) is 0.327. The van der Waals surface area contributed by atoms with Crippen molar-refractivity contribution >= 4 is 32.3 Å². The van der Waals surface area contributed by atoms with Gasteiger partial charge in [0.05, 0.1) is 6.61 Å². The fourth-order valence-electron chi connectivity index (χ4n) is 3.04. The van der Waals surface area contributed by atoms with Crippen molar-refractivity contribution in [2.45, 2.75) is 0 Å². The van der Waals surface area contributed by atoms with Crippen LogP contribution in [0.5, 0.6) is 5.75 Å². The van der Waals surface area contributed by atoms with Gasteiger partial charge in [-0.2, -0.15) is 0 Å². The number of hydrogen-bond acceptors (Lipinski definition) is 2. The molecule has 0 saturated carbocycles. The van der Waals surface area contributed by atoms with Crippen LogP contribution in [0.25, 0.3) is 32.3 Å². The van der Waals surface area contributed by atoms with Crippen LogP contribution in [-0.4, -0.2) is 18.3 Å². The second-order valence-corrected chi connectivity index (χ2v) is 5.41. The third-order valence-electron chi connectivity index (χ3n) is 4.04. The van der Waals surface area contributed by atoms with Gasteiger partial charge >= 0.3 is 0 Å². The Morgan fingerprint density at radius 2 is 1.45 bits per heavy atom. The lowest BCUT2D eigenvalue weighted by atomic mass is 9.98. The summed E-state index contributed by atoms with van der Waals surface area (Å²) in [4.78, 5) is 0. The zero-order valence-corrected chi connectivity index (χ0v) is 12.1. The van der Waals surface area contributed by atoms with Crippen LogP contribution in [0.1, 0.15) is 0 Å². The molecule has 0 aromatic heterocycles. The summed E-state index contributed by atoms with van der Waals surface area (Å²) < 4.78 is 5.74. The number of aliphatic hydroxyl groups is 1. The number of rotatable bonds is 3. The van der Waals surface area contributed by atoms with Crippen LogP contribution in [0.4, 0.5) is 0 Å². The van der Waals surface area contributed by atoms with E-state index in [1.807, 2.05) is 12.1 Å². The highest BCUT2D eigenvalue weighted by Crippen LogP contribution is 2.35. The molecule has 108 valence electrons. The largest absolute Gasteiger partial charge is 0.491 e. The molecule has 0 spiro atoms. The molecule has 22 heavy (non-hydrogen) atoms. The molecule has 4 aromatic rings. The van der Waals surface area contributed by atoms with E-state index in [0.29, 0.717) is 6.61 Å². The number of benzene rings is 4. The van der Waals surface area contributed by atoms with E-state index in [0.717, 1.165) is 16.5 Å². The standard InChI is InChI=1S/C20H16O2/c21-10-11-22-19-7-3-6-14-8-9-17-12-15-4-1-2-5-16(15)13-18(17)20(14)19/h1-9,12-13,21H,10-11H2. The molecule has 0 fully saturated rings. The molecular weight excluding hydrogens is 272 g/mol. The maximum absolute atomic E-state index is 9.03. The van der Waals surface area contributed by atoms with Gasteiger partial charge in [-0.15, -0.1) is 0 Å². The van der Waals surface area contributed by atoms with E-state index in [2.05, 4.69) is 54.6 Å². The molecule has 0 amide bonds. The van der Waals surface area contributed by atoms with Gasteiger partial charge in [0, 0.05) is 5.39 Å². The van der Waals surface area contributed by atoms with E-state index in [4.69, 9.17) is 9.84 Å². The number of fused-ring (bicyclic) bond motifs is 4. The first kappa shape index (κ1) is 13.1. The van der Waals surface area contributed by atoms with E-state index in [1.165, 1.54) is 21.5 Å². The van der Waals surface area contributed by atoms with Crippen LogP contribution in [-0.2, 0) is 0 Å². The predicted molar refractivity (Wildman–Crippen MR) is 91.5 cm³/mol. The molecule has 2 heteroatoms. The number of hydrogen-bond donors (Lipinski definition) is 1. The second-order valence-electron chi connectivity index (χ2n) is 5.41. The summed E-state index contributed by atoms with van der Waals surface area (Å²) in [5.41, 5.74) is 0. The molecule has 0 aliphatic rings. The molecule has 0 unspecified atom stereocenters. The zero-order chi connectivity index (χ0) is 14.9. The van der Waals surface area contributed by atoms with Gasteiger partial charge in [0.2, 0.25) is 0 Å². The third-order valence-corrected chi connectivity index (χ3v) is 4.04. The Morgan fingerprint density at radius 1 is 0.727 bits per heavy atom. The van der Waals surface area contributed by atoms with Crippen molar-refractivity contribution in [2.75, 3.05) is 13.2 Å². The van der Waals surface area contributed by atoms with Crippen LogP contribution >= 0.6 is 0 Å². The first-order valence-electron chi connectivity index (χ1n) is 7.45. The van der Waals surface area contributed by atoms with Crippen molar-refractivity contribution in [3.63, 3.8) is 0 Å². The molecule has 0 bridgehead atoms. The van der Waals surface area contributed by atoms with Crippen LogP contribution in [0.2, 0.25) is 0 Å². The van der Waals surface area contributed by atoms with E-state index in [-0.39, 0.29) is 6.61 Å². The van der Waals surface area contributed by atoms with Crippen molar-refractivity contribution in [2.24, 2.45) is 0 Å². The van der Waals surface area contributed by atoms with Gasteiger partial charge < -0.3 is 9.84 Å². The molecule has 0 atom stereocenters. The highest BCUT2D eigenvalue weighted by Gasteiger charge is 2.08. The quantitative estimate of drug-likeness (QED) is 0.444. The maximum atomic E-state index is 9.03. The van der Waals surface area contributed by atoms with Crippen molar-refractivity contribution in [3.8, 4) is 5.75 Å². The Bertz CT molecular complexity index is 973. The Hall–Kier alpha value is -2.58. The molecule has 4 rings (SSSR count). The molecule has 0 radical (unpaired) electrons. The van der Waals surface area contributed by atoms with E-state index in [1.54, 1.807) is 0 Å². The Morgan fingerprint density at radius 3 is 2.27 bits per heavy atom. The van der Waals surface area contributed by atoms with Gasteiger partial charge in [0.25, 0.3) is 0 Å². The lowest BCUT2D eigenvalue weighted by molar-refractivity contribution is 0.203. The van der Waals surface area contributed by atoms with Gasteiger partial charge in [-0.25, -0.2) is 0 Å². The Kier molecular flexibility index (Phi) is 3.17. The van der Waals surface area contributed by atoms with Crippen LogP contribution < -0.4 is 4.74 Å². The fourth-order valence-corrected chi connectivity index (χ4v) is 3.04. The monoisotopic (exact) mass is 288 g/mol. The van der Waals surface area contributed by atoms with Crippen molar-refractivity contribution in [1.29, 1.82) is 0 Å². The van der Waals surface area contributed by atoms with Crippen LogP contribution in [0.3, 0.4) is 0 Å². The van der Waals surface area contributed by atoms with Crippen molar-refractivity contribution < 1.29 is 9.84 Å². The van der Waals surface area contributed by atoms with Crippen LogP contribution in [0.15, 0.2) is 66.7 Å². The highest BCUT2D eigenvalue weighted by molar-refractivity contribution is 6.14. The summed E-state index contributed by atoms with van der Waals surface area (Å²) in [5.74, 6) is 0.826. The average molecular weight is 288 g/mol. The first-order chi connectivity index (χ1) is 10.9. The topological polar surface area (TPSA) is 29.5 Å². The molecule has 0 aliphatic carbocycles. The highest BCUT2D eigenvalue weighted by atomic mass is 16.5. The molecule has 1 N–H and O–H groups in total. The Labute approximate surface area is 128 Å². The summed E-state index contributed by atoms with van der Waals surface area (Å²) in [6, 6.07) is 23.1. The third kappa shape index (κ3) is 2.09. The number of ether oxygens (including phenoxy) is 1. The van der Waals surface area contributed by atoms with Crippen LogP contribution in [0, 0.1) is 0 Å². The molecule has 2 nitrogen and oxygen atoms in total. The van der Waals surface area contributed by atoms with E-state index >= 15 is 0 Å². The summed E-state index contributed by atoms with van der Waals surface area (Å²) in [5, 5.41) is 16.1. The lowest BCUT2D eigenvalue weighted by Crippen LogP contribution is -2.02. The zero-order valence-electron chi connectivity index (χ0n) is 12.1. The SMILES string of the molecule is OCCOc1cccc2ccc3cc4ccccc4cc3c12. The lowest BCUT2D eigenvalue weighted by Gasteiger charge is -2.11. The normalized spacial score (nSPS) is 11.3. The minimum Gasteiger partial charge on any atom is -0.491 e. The average Bonchev–Trinajstić information content (AvgIpc) is 2.57. The smallest absolute Gasteiger partial charge is 0.127 e. The Balaban J connectivity index is 2.09. The van der Waals surface area contributed by atoms with E-state index < -0.39 is 0 Å². The molecule has 0 aliphatic heterocycles.